The summed E-state index contributed by atoms with van der Waals surface area (Å²) in [6, 6.07) is -0.198. The molecule has 0 saturated heterocycles. The van der Waals surface area contributed by atoms with E-state index in [1.54, 1.807) is 6.33 Å². The lowest BCUT2D eigenvalue weighted by Gasteiger charge is -2.19. The fourth-order valence-corrected chi connectivity index (χ4v) is 1.33. The van der Waals surface area contributed by atoms with Gasteiger partial charge in [-0.15, -0.1) is 0 Å². The Labute approximate surface area is 89.2 Å². The summed E-state index contributed by atoms with van der Waals surface area (Å²) in [5.74, 6) is -0.312. The van der Waals surface area contributed by atoms with Crippen molar-refractivity contribution in [2.75, 3.05) is 0 Å². The van der Waals surface area contributed by atoms with Gasteiger partial charge in [0.15, 0.2) is 0 Å². The molecule has 2 N–H and O–H groups in total. The monoisotopic (exact) mass is 211 g/mol. The van der Waals surface area contributed by atoms with Gasteiger partial charge in [0.1, 0.15) is 6.10 Å². The molecule has 5 heteroatoms. The van der Waals surface area contributed by atoms with Crippen LogP contribution in [0.5, 0.6) is 0 Å². The van der Waals surface area contributed by atoms with Crippen LogP contribution >= 0.6 is 0 Å². The molecule has 0 aliphatic heterocycles. The van der Waals surface area contributed by atoms with Gasteiger partial charge in [-0.3, -0.25) is 4.79 Å². The van der Waals surface area contributed by atoms with Crippen LogP contribution in [0.4, 0.5) is 0 Å². The highest BCUT2D eigenvalue weighted by atomic mass is 16.5. The highest BCUT2D eigenvalue weighted by Crippen LogP contribution is 2.06. The summed E-state index contributed by atoms with van der Waals surface area (Å²) in [7, 11) is 1.89. The number of aromatic nitrogens is 2. The summed E-state index contributed by atoms with van der Waals surface area (Å²) in [5.41, 5.74) is 6.60. The molecule has 0 aliphatic rings. The minimum Gasteiger partial charge on any atom is -0.461 e. The number of carbonyl (C=O) groups is 1. The molecule has 84 valence electrons. The number of ether oxygens (including phenoxy) is 1. The molecule has 1 rings (SSSR count). The first-order chi connectivity index (χ1) is 6.99. The van der Waals surface area contributed by atoms with Gasteiger partial charge in [0.25, 0.3) is 0 Å². The van der Waals surface area contributed by atoms with Crippen LogP contribution in [0.25, 0.3) is 0 Å². The number of nitrogens with zero attached hydrogens (tertiary/aromatic N) is 2. The molecular formula is C10H17N3O2. The fourth-order valence-electron chi connectivity index (χ4n) is 1.33. The summed E-state index contributed by atoms with van der Waals surface area (Å²) < 4.78 is 6.96. The van der Waals surface area contributed by atoms with E-state index in [2.05, 4.69) is 4.98 Å². The molecule has 2 atom stereocenters. The third-order valence-electron chi connectivity index (χ3n) is 2.07. The van der Waals surface area contributed by atoms with E-state index >= 15 is 0 Å². The van der Waals surface area contributed by atoms with Crippen LogP contribution in [0.15, 0.2) is 12.5 Å². The molecule has 0 aromatic carbocycles. The smallest absolute Gasteiger partial charge is 0.302 e. The van der Waals surface area contributed by atoms with Crippen LogP contribution in [-0.2, 0) is 23.0 Å². The van der Waals surface area contributed by atoms with E-state index in [9.17, 15) is 4.79 Å². The largest absolute Gasteiger partial charge is 0.461 e. The lowest BCUT2D eigenvalue weighted by Crippen LogP contribution is -2.37. The molecular weight excluding hydrogens is 194 g/mol. The van der Waals surface area contributed by atoms with Crippen LogP contribution in [0.3, 0.4) is 0 Å². The SMILES string of the molecule is CC(=O)OC(Cc1cn(C)cn1)C(C)N. The molecule has 0 spiro atoms. The summed E-state index contributed by atoms with van der Waals surface area (Å²) >= 11 is 0. The van der Waals surface area contributed by atoms with Gasteiger partial charge in [-0.05, 0) is 6.92 Å². The van der Waals surface area contributed by atoms with Crippen molar-refractivity contribution in [3.05, 3.63) is 18.2 Å². The quantitative estimate of drug-likeness (QED) is 0.724. The molecule has 0 bridgehead atoms. The third-order valence-corrected chi connectivity index (χ3v) is 2.07. The maximum absolute atomic E-state index is 10.9. The molecule has 1 aromatic heterocycles. The average molecular weight is 211 g/mol. The maximum atomic E-state index is 10.9. The number of nitrogens with two attached hydrogens (primary N) is 1. The summed E-state index contributed by atoms with van der Waals surface area (Å²) in [6.45, 7) is 3.20. The highest BCUT2D eigenvalue weighted by molar-refractivity contribution is 5.66. The second-order valence-electron chi connectivity index (χ2n) is 3.74. The van der Waals surface area contributed by atoms with Gasteiger partial charge in [0.05, 0.1) is 12.0 Å². The standard InChI is InChI=1S/C10H17N3O2/c1-7(11)10(15-8(2)14)4-9-5-13(3)6-12-9/h5-7,10H,4,11H2,1-3H3. The van der Waals surface area contributed by atoms with Crippen molar-refractivity contribution in [3.8, 4) is 0 Å². The van der Waals surface area contributed by atoms with Crippen molar-refractivity contribution in [1.29, 1.82) is 0 Å². The minimum atomic E-state index is -0.312. The zero-order valence-corrected chi connectivity index (χ0v) is 9.30. The Balaban J connectivity index is 2.62. The normalized spacial score (nSPS) is 14.7. The molecule has 2 unspecified atom stereocenters. The van der Waals surface area contributed by atoms with E-state index in [0.717, 1.165) is 5.69 Å². The Morgan fingerprint density at radius 1 is 1.73 bits per heavy atom. The van der Waals surface area contributed by atoms with Gasteiger partial charge >= 0.3 is 5.97 Å². The van der Waals surface area contributed by atoms with Gasteiger partial charge in [0.2, 0.25) is 0 Å². The Morgan fingerprint density at radius 2 is 2.40 bits per heavy atom. The van der Waals surface area contributed by atoms with Gasteiger partial charge in [0, 0.05) is 32.6 Å². The van der Waals surface area contributed by atoms with Gasteiger partial charge < -0.3 is 15.0 Å². The lowest BCUT2D eigenvalue weighted by molar-refractivity contribution is -0.147. The second kappa shape index (κ2) is 4.93. The van der Waals surface area contributed by atoms with E-state index < -0.39 is 0 Å². The van der Waals surface area contributed by atoms with Crippen LogP contribution in [-0.4, -0.2) is 27.7 Å². The predicted octanol–water partition coefficient (Wildman–Crippen LogP) is 0.241. The van der Waals surface area contributed by atoms with Gasteiger partial charge in [-0.2, -0.15) is 0 Å². The topological polar surface area (TPSA) is 70.1 Å². The molecule has 1 heterocycles. The second-order valence-corrected chi connectivity index (χ2v) is 3.74. The Bertz CT molecular complexity index is 333. The number of rotatable bonds is 4. The zero-order chi connectivity index (χ0) is 11.4. The first-order valence-electron chi connectivity index (χ1n) is 4.88. The van der Waals surface area contributed by atoms with Crippen LogP contribution < -0.4 is 5.73 Å². The van der Waals surface area contributed by atoms with Crippen LogP contribution in [0.2, 0.25) is 0 Å². The van der Waals surface area contributed by atoms with E-state index in [4.69, 9.17) is 10.5 Å². The number of esters is 1. The van der Waals surface area contributed by atoms with E-state index in [1.165, 1.54) is 6.92 Å². The van der Waals surface area contributed by atoms with E-state index in [0.29, 0.717) is 6.42 Å². The highest BCUT2D eigenvalue weighted by Gasteiger charge is 2.18. The average Bonchev–Trinajstić information content (AvgIpc) is 2.49. The minimum absolute atomic E-state index is 0.198. The summed E-state index contributed by atoms with van der Waals surface area (Å²) in [6.07, 6.45) is 3.84. The Morgan fingerprint density at radius 3 is 2.80 bits per heavy atom. The molecule has 0 fully saturated rings. The maximum Gasteiger partial charge on any atom is 0.302 e. The molecule has 5 nitrogen and oxygen atoms in total. The molecule has 0 radical (unpaired) electrons. The fraction of sp³-hybridized carbons (Fsp3) is 0.600. The molecule has 0 saturated carbocycles. The van der Waals surface area contributed by atoms with Crippen LogP contribution in [0.1, 0.15) is 19.5 Å². The van der Waals surface area contributed by atoms with Crippen LogP contribution in [0, 0.1) is 0 Å². The van der Waals surface area contributed by atoms with Crippen molar-refractivity contribution < 1.29 is 9.53 Å². The first-order valence-corrected chi connectivity index (χ1v) is 4.88. The van der Waals surface area contributed by atoms with Crippen molar-refractivity contribution in [1.82, 2.24) is 9.55 Å². The number of imidazole rings is 1. The van der Waals surface area contributed by atoms with Gasteiger partial charge in [-0.25, -0.2) is 4.98 Å². The van der Waals surface area contributed by atoms with Gasteiger partial charge in [-0.1, -0.05) is 0 Å². The molecule has 0 amide bonds. The number of aryl methyl sites for hydroxylation is 1. The van der Waals surface area contributed by atoms with E-state index in [1.807, 2.05) is 24.7 Å². The van der Waals surface area contributed by atoms with E-state index in [-0.39, 0.29) is 18.1 Å². The molecule has 1 aromatic rings. The summed E-state index contributed by atoms with van der Waals surface area (Å²) in [4.78, 5) is 15.0. The number of hydrogen-bond acceptors (Lipinski definition) is 4. The third kappa shape index (κ3) is 3.71. The Kier molecular flexibility index (Phi) is 3.85. The lowest BCUT2D eigenvalue weighted by atomic mass is 10.1. The summed E-state index contributed by atoms with van der Waals surface area (Å²) in [5, 5.41) is 0. The van der Waals surface area contributed by atoms with Crippen molar-refractivity contribution in [2.24, 2.45) is 12.8 Å². The first kappa shape index (κ1) is 11.7. The molecule has 0 aliphatic carbocycles. The molecule has 15 heavy (non-hydrogen) atoms. The van der Waals surface area contributed by atoms with Crippen molar-refractivity contribution in [2.45, 2.75) is 32.4 Å². The van der Waals surface area contributed by atoms with Crippen molar-refractivity contribution >= 4 is 5.97 Å². The Hall–Kier alpha value is -1.36. The zero-order valence-electron chi connectivity index (χ0n) is 9.30. The number of hydrogen-bond donors (Lipinski definition) is 1. The predicted molar refractivity (Wildman–Crippen MR) is 56.1 cm³/mol. The number of carbonyl (C=O) groups excluding carboxylic acids is 1. The van der Waals surface area contributed by atoms with Crippen molar-refractivity contribution in [3.63, 3.8) is 0 Å².